The summed E-state index contributed by atoms with van der Waals surface area (Å²) in [5.74, 6) is 5.70. The summed E-state index contributed by atoms with van der Waals surface area (Å²) < 4.78 is 0. The Balaban J connectivity index is 2.47. The van der Waals surface area contributed by atoms with E-state index in [-0.39, 0.29) is 6.61 Å². The summed E-state index contributed by atoms with van der Waals surface area (Å²) in [6.45, 7) is -0.0165. The first-order valence-corrected chi connectivity index (χ1v) is 4.72. The summed E-state index contributed by atoms with van der Waals surface area (Å²) >= 11 is 0. The van der Waals surface area contributed by atoms with Gasteiger partial charge in [0.1, 0.15) is 6.61 Å². The third kappa shape index (κ3) is 3.59. The van der Waals surface area contributed by atoms with Crippen LogP contribution in [0.3, 0.4) is 0 Å². The van der Waals surface area contributed by atoms with Crippen molar-refractivity contribution < 1.29 is 5.11 Å². The third-order valence-corrected chi connectivity index (χ3v) is 2.12. The van der Waals surface area contributed by atoms with Crippen molar-refractivity contribution in [3.05, 3.63) is 11.6 Å². The fourth-order valence-corrected chi connectivity index (χ4v) is 1.46. The number of hydrogen-bond donors (Lipinski definition) is 1. The van der Waals surface area contributed by atoms with Crippen molar-refractivity contribution in [2.24, 2.45) is 0 Å². The molecule has 0 aliphatic heterocycles. The summed E-state index contributed by atoms with van der Waals surface area (Å²) in [6, 6.07) is 0. The Kier molecular flexibility index (Phi) is 4.56. The number of allylic oxidation sites excluding steroid dienone is 2. The molecule has 1 nitrogen and oxygen atoms in total. The van der Waals surface area contributed by atoms with E-state index in [1.165, 1.54) is 31.3 Å². The molecule has 0 spiro atoms. The predicted molar refractivity (Wildman–Crippen MR) is 50.6 cm³/mol. The van der Waals surface area contributed by atoms with Crippen LogP contribution in [0, 0.1) is 11.8 Å². The van der Waals surface area contributed by atoms with Crippen molar-refractivity contribution in [2.45, 2.75) is 38.5 Å². The average molecular weight is 164 g/mol. The fourth-order valence-electron chi connectivity index (χ4n) is 1.46. The average Bonchev–Trinajstić information content (AvgIpc) is 2.02. The SMILES string of the molecule is OCC#C/C1=C/CCCCCC1. The van der Waals surface area contributed by atoms with Crippen LogP contribution in [0.15, 0.2) is 11.6 Å². The van der Waals surface area contributed by atoms with E-state index in [1.807, 2.05) is 0 Å². The first-order valence-electron chi connectivity index (χ1n) is 4.72. The summed E-state index contributed by atoms with van der Waals surface area (Å²) in [7, 11) is 0. The smallest absolute Gasteiger partial charge is 0.104 e. The van der Waals surface area contributed by atoms with Gasteiger partial charge in [0.2, 0.25) is 0 Å². The molecule has 1 heteroatoms. The van der Waals surface area contributed by atoms with Crippen LogP contribution in [0.1, 0.15) is 38.5 Å². The standard InChI is InChI=1S/C11H16O/c12-10-6-9-11-7-4-2-1-3-5-8-11/h7,12H,1-5,8,10H2/b11-7+. The number of rotatable bonds is 0. The molecule has 0 amide bonds. The normalized spacial score (nSPS) is 22.6. The van der Waals surface area contributed by atoms with Crippen LogP contribution in [0.5, 0.6) is 0 Å². The van der Waals surface area contributed by atoms with Crippen molar-refractivity contribution in [3.63, 3.8) is 0 Å². The Morgan fingerprint density at radius 3 is 2.92 bits per heavy atom. The Hall–Kier alpha value is -0.740. The lowest BCUT2D eigenvalue weighted by molar-refractivity contribution is 0.350. The van der Waals surface area contributed by atoms with Gasteiger partial charge in [0.05, 0.1) is 0 Å². The minimum absolute atomic E-state index is 0.0165. The molecule has 0 aromatic heterocycles. The monoisotopic (exact) mass is 164 g/mol. The number of hydrogen-bond acceptors (Lipinski definition) is 1. The number of aliphatic hydroxyl groups excluding tert-OH is 1. The lowest BCUT2D eigenvalue weighted by Gasteiger charge is -2.05. The highest BCUT2D eigenvalue weighted by Crippen LogP contribution is 2.15. The van der Waals surface area contributed by atoms with Crippen molar-refractivity contribution >= 4 is 0 Å². The Labute approximate surface area is 74.5 Å². The van der Waals surface area contributed by atoms with Crippen LogP contribution in [0.4, 0.5) is 0 Å². The van der Waals surface area contributed by atoms with Crippen LogP contribution in [0.2, 0.25) is 0 Å². The maximum absolute atomic E-state index is 8.52. The summed E-state index contributed by atoms with van der Waals surface area (Å²) in [5.41, 5.74) is 1.23. The predicted octanol–water partition coefficient (Wildman–Crippen LogP) is 2.26. The van der Waals surface area contributed by atoms with Crippen LogP contribution >= 0.6 is 0 Å². The number of aliphatic hydroxyl groups is 1. The van der Waals surface area contributed by atoms with Crippen molar-refractivity contribution in [3.8, 4) is 11.8 Å². The molecule has 0 atom stereocenters. The molecule has 0 bridgehead atoms. The quantitative estimate of drug-likeness (QED) is 0.544. The Morgan fingerprint density at radius 2 is 2.08 bits per heavy atom. The second kappa shape index (κ2) is 5.85. The minimum atomic E-state index is -0.0165. The van der Waals surface area contributed by atoms with Gasteiger partial charge in [-0.15, -0.1) is 0 Å². The lowest BCUT2D eigenvalue weighted by atomic mass is 10.0. The fraction of sp³-hybridized carbons (Fsp3) is 0.636. The van der Waals surface area contributed by atoms with Crippen molar-refractivity contribution in [1.82, 2.24) is 0 Å². The van der Waals surface area contributed by atoms with Gasteiger partial charge in [0.15, 0.2) is 0 Å². The molecule has 1 aliphatic rings. The van der Waals surface area contributed by atoms with Crippen molar-refractivity contribution in [1.29, 1.82) is 0 Å². The molecule has 0 unspecified atom stereocenters. The highest BCUT2D eigenvalue weighted by atomic mass is 16.2. The summed E-state index contributed by atoms with van der Waals surface area (Å²) in [4.78, 5) is 0. The first-order chi connectivity index (χ1) is 5.93. The molecule has 66 valence electrons. The Bertz CT molecular complexity index is 205. The highest BCUT2D eigenvalue weighted by Gasteiger charge is 1.98. The maximum Gasteiger partial charge on any atom is 0.104 e. The molecule has 1 rings (SSSR count). The van der Waals surface area contributed by atoms with Crippen LogP contribution in [-0.4, -0.2) is 11.7 Å². The zero-order valence-corrected chi connectivity index (χ0v) is 7.47. The summed E-state index contributed by atoms with van der Waals surface area (Å²) in [5, 5.41) is 8.52. The van der Waals surface area contributed by atoms with Gasteiger partial charge in [-0.25, -0.2) is 0 Å². The third-order valence-electron chi connectivity index (χ3n) is 2.12. The van der Waals surface area contributed by atoms with E-state index < -0.39 is 0 Å². The molecule has 0 heterocycles. The molecule has 0 saturated heterocycles. The van der Waals surface area contributed by atoms with Crippen LogP contribution < -0.4 is 0 Å². The molecule has 0 fully saturated rings. The van der Waals surface area contributed by atoms with Gasteiger partial charge in [-0.3, -0.25) is 0 Å². The van der Waals surface area contributed by atoms with E-state index >= 15 is 0 Å². The molecule has 1 aliphatic carbocycles. The van der Waals surface area contributed by atoms with Gasteiger partial charge >= 0.3 is 0 Å². The van der Waals surface area contributed by atoms with Crippen LogP contribution in [-0.2, 0) is 0 Å². The molecule has 0 aromatic carbocycles. The minimum Gasteiger partial charge on any atom is -0.384 e. The van der Waals surface area contributed by atoms with E-state index in [1.54, 1.807) is 0 Å². The van der Waals surface area contributed by atoms with E-state index in [9.17, 15) is 0 Å². The summed E-state index contributed by atoms with van der Waals surface area (Å²) in [6.07, 6.45) is 9.73. The molecule has 0 radical (unpaired) electrons. The van der Waals surface area contributed by atoms with Gasteiger partial charge in [-0.05, 0) is 31.3 Å². The van der Waals surface area contributed by atoms with E-state index in [0.29, 0.717) is 0 Å². The molecular formula is C11H16O. The van der Waals surface area contributed by atoms with Gasteiger partial charge in [0, 0.05) is 0 Å². The Morgan fingerprint density at radius 1 is 1.25 bits per heavy atom. The van der Waals surface area contributed by atoms with E-state index in [0.717, 1.165) is 12.8 Å². The topological polar surface area (TPSA) is 20.2 Å². The maximum atomic E-state index is 8.52. The largest absolute Gasteiger partial charge is 0.384 e. The van der Waals surface area contributed by atoms with Gasteiger partial charge < -0.3 is 5.11 Å². The van der Waals surface area contributed by atoms with Gasteiger partial charge in [0.25, 0.3) is 0 Å². The highest BCUT2D eigenvalue weighted by molar-refractivity contribution is 5.28. The van der Waals surface area contributed by atoms with E-state index in [4.69, 9.17) is 5.11 Å². The second-order valence-corrected chi connectivity index (χ2v) is 3.14. The van der Waals surface area contributed by atoms with Gasteiger partial charge in [-0.2, -0.15) is 0 Å². The molecule has 12 heavy (non-hydrogen) atoms. The second-order valence-electron chi connectivity index (χ2n) is 3.14. The molecule has 0 aromatic rings. The van der Waals surface area contributed by atoms with E-state index in [2.05, 4.69) is 17.9 Å². The zero-order valence-electron chi connectivity index (χ0n) is 7.47. The zero-order chi connectivity index (χ0) is 8.65. The molecule has 1 N–H and O–H groups in total. The molecular weight excluding hydrogens is 148 g/mol. The van der Waals surface area contributed by atoms with Crippen molar-refractivity contribution in [2.75, 3.05) is 6.61 Å². The van der Waals surface area contributed by atoms with Gasteiger partial charge in [-0.1, -0.05) is 30.8 Å². The lowest BCUT2D eigenvalue weighted by Crippen LogP contribution is -1.88. The molecule has 0 saturated carbocycles. The first kappa shape index (κ1) is 9.35. The van der Waals surface area contributed by atoms with Crippen LogP contribution in [0.25, 0.3) is 0 Å².